The predicted octanol–water partition coefficient (Wildman–Crippen LogP) is 3.50. The number of benzene rings is 1. The molecule has 0 spiro atoms. The van der Waals surface area contributed by atoms with Crippen LogP contribution in [0.3, 0.4) is 0 Å². The first-order chi connectivity index (χ1) is 16.0. The van der Waals surface area contributed by atoms with Crippen LogP contribution in [0.15, 0.2) is 54.2 Å². The van der Waals surface area contributed by atoms with Crippen LogP contribution in [0.1, 0.15) is 36.3 Å². The van der Waals surface area contributed by atoms with Gasteiger partial charge in [0, 0.05) is 26.5 Å². The number of aryl methyl sites for hydroxylation is 1. The number of carbonyl (C=O) groups excluding carboxylic acids is 2. The third-order valence-corrected chi connectivity index (χ3v) is 5.70. The zero-order valence-corrected chi connectivity index (χ0v) is 18.9. The number of amides is 1. The Bertz CT molecular complexity index is 1230. The molecule has 172 valence electrons. The smallest absolute Gasteiger partial charge is 0.295 e. The molecular formula is C25H27N3O5. The minimum Gasteiger partial charge on any atom is -0.505 e. The predicted molar refractivity (Wildman–Crippen MR) is 123 cm³/mol. The first-order valence-electron chi connectivity index (χ1n) is 10.9. The number of rotatable bonds is 8. The topological polar surface area (TPSA) is 93.4 Å². The molecule has 1 atom stereocenters. The van der Waals surface area contributed by atoms with E-state index in [0.717, 1.165) is 0 Å². The monoisotopic (exact) mass is 449 g/mol. The fourth-order valence-electron chi connectivity index (χ4n) is 4.30. The molecule has 4 rings (SSSR count). The van der Waals surface area contributed by atoms with Gasteiger partial charge in [-0.2, -0.15) is 0 Å². The largest absolute Gasteiger partial charge is 0.505 e. The van der Waals surface area contributed by atoms with Crippen molar-refractivity contribution in [3.63, 3.8) is 0 Å². The summed E-state index contributed by atoms with van der Waals surface area (Å²) in [5.74, 6) is -0.984. The Morgan fingerprint density at radius 3 is 2.76 bits per heavy atom. The van der Waals surface area contributed by atoms with E-state index in [0.29, 0.717) is 54.5 Å². The molecule has 8 heteroatoms. The normalized spacial score (nSPS) is 17.8. The van der Waals surface area contributed by atoms with Gasteiger partial charge in [-0.3, -0.25) is 14.0 Å². The van der Waals surface area contributed by atoms with Crippen molar-refractivity contribution in [2.45, 2.75) is 26.3 Å². The number of nitrogens with zero attached hydrogens (tertiary/aromatic N) is 3. The van der Waals surface area contributed by atoms with Gasteiger partial charge in [-0.05, 0) is 50.1 Å². The van der Waals surface area contributed by atoms with Crippen molar-refractivity contribution in [3.05, 3.63) is 71.2 Å². The van der Waals surface area contributed by atoms with Crippen LogP contribution in [0.2, 0.25) is 0 Å². The van der Waals surface area contributed by atoms with Crippen molar-refractivity contribution >= 4 is 23.1 Å². The first-order valence-corrected chi connectivity index (χ1v) is 10.9. The summed E-state index contributed by atoms with van der Waals surface area (Å²) >= 11 is 0. The number of aliphatic hydroxyl groups is 1. The number of ketones is 1. The molecule has 1 saturated heterocycles. The number of aromatic nitrogens is 2. The molecule has 3 heterocycles. The van der Waals surface area contributed by atoms with Crippen molar-refractivity contribution in [2.75, 3.05) is 26.9 Å². The number of aliphatic hydroxyl groups excluding tert-OH is 1. The number of hydrogen-bond donors (Lipinski definition) is 1. The highest BCUT2D eigenvalue weighted by atomic mass is 16.5. The summed E-state index contributed by atoms with van der Waals surface area (Å²) < 4.78 is 12.5. The van der Waals surface area contributed by atoms with E-state index in [1.807, 2.05) is 43.3 Å². The van der Waals surface area contributed by atoms with E-state index < -0.39 is 17.7 Å². The number of Topliss-reactive ketones (excluding diaryl/α,β-unsaturated/α-hetero) is 1. The molecule has 0 radical (unpaired) electrons. The molecule has 1 aromatic carbocycles. The van der Waals surface area contributed by atoms with Gasteiger partial charge in [-0.15, -0.1) is 0 Å². The maximum Gasteiger partial charge on any atom is 0.295 e. The summed E-state index contributed by atoms with van der Waals surface area (Å²) in [6.07, 6.45) is 2.32. The fraction of sp³-hybridized carbons (Fsp3) is 0.320. The number of carbonyl (C=O) groups is 2. The van der Waals surface area contributed by atoms with E-state index in [9.17, 15) is 14.7 Å². The van der Waals surface area contributed by atoms with Gasteiger partial charge in [-0.1, -0.05) is 18.2 Å². The summed E-state index contributed by atoms with van der Waals surface area (Å²) in [6, 6.07) is 12.0. The lowest BCUT2D eigenvalue weighted by atomic mass is 9.96. The van der Waals surface area contributed by atoms with E-state index in [2.05, 4.69) is 4.98 Å². The first kappa shape index (κ1) is 22.5. The molecule has 8 nitrogen and oxygen atoms in total. The molecule has 0 saturated carbocycles. The molecule has 33 heavy (non-hydrogen) atoms. The van der Waals surface area contributed by atoms with E-state index in [1.165, 1.54) is 4.90 Å². The van der Waals surface area contributed by atoms with Gasteiger partial charge >= 0.3 is 0 Å². The Morgan fingerprint density at radius 1 is 1.18 bits per heavy atom. The molecule has 1 N–H and O–H groups in total. The highest BCUT2D eigenvalue weighted by Gasteiger charge is 2.46. The third-order valence-electron chi connectivity index (χ3n) is 5.70. The van der Waals surface area contributed by atoms with Crippen LogP contribution < -0.4 is 4.74 Å². The average molecular weight is 450 g/mol. The Balaban J connectivity index is 1.90. The van der Waals surface area contributed by atoms with Crippen LogP contribution in [0.5, 0.6) is 5.75 Å². The number of likely N-dealkylation sites (tertiary alicyclic amines) is 1. The molecule has 0 bridgehead atoms. The van der Waals surface area contributed by atoms with Gasteiger partial charge in [-0.25, -0.2) is 4.98 Å². The van der Waals surface area contributed by atoms with Crippen LogP contribution in [0.25, 0.3) is 11.4 Å². The zero-order chi connectivity index (χ0) is 23.5. The van der Waals surface area contributed by atoms with Crippen molar-refractivity contribution in [3.8, 4) is 5.75 Å². The highest BCUT2D eigenvalue weighted by molar-refractivity contribution is 6.46. The maximum absolute atomic E-state index is 13.2. The summed E-state index contributed by atoms with van der Waals surface area (Å²) in [6.45, 7) is 4.89. The Hall–Kier alpha value is -3.65. The zero-order valence-electron chi connectivity index (χ0n) is 18.9. The molecule has 2 aromatic heterocycles. The minimum atomic E-state index is -0.754. The van der Waals surface area contributed by atoms with Gasteiger partial charge in [0.1, 0.15) is 17.1 Å². The van der Waals surface area contributed by atoms with E-state index in [1.54, 1.807) is 30.7 Å². The summed E-state index contributed by atoms with van der Waals surface area (Å²) in [5.41, 5.74) is 2.32. The lowest BCUT2D eigenvalue weighted by Gasteiger charge is -2.25. The van der Waals surface area contributed by atoms with Crippen LogP contribution in [0, 0.1) is 6.92 Å². The SMILES string of the molecule is CCOc1cccc(C2/C(=C(\O)c3c(C)nc4ccccn34)C(=O)C(=O)N2CCCOC)c1. The van der Waals surface area contributed by atoms with Crippen molar-refractivity contribution in [2.24, 2.45) is 0 Å². The van der Waals surface area contributed by atoms with Crippen molar-refractivity contribution < 1.29 is 24.2 Å². The van der Waals surface area contributed by atoms with Gasteiger partial charge in [0.15, 0.2) is 5.76 Å². The van der Waals surface area contributed by atoms with Gasteiger partial charge in [0.2, 0.25) is 0 Å². The molecule has 1 aliphatic heterocycles. The quantitative estimate of drug-likeness (QED) is 0.245. The van der Waals surface area contributed by atoms with Crippen LogP contribution >= 0.6 is 0 Å². The standard InChI is InChI=1S/C25H27N3O5/c1-4-33-18-10-7-9-17(15-18)22-20(24(30)25(31)28(22)13-8-14-32-3)23(29)21-16(2)26-19-11-5-6-12-27(19)21/h5-7,9-12,15,22,29H,4,8,13-14H2,1-3H3/b23-20+. The number of methoxy groups -OCH3 is 1. The van der Waals surface area contributed by atoms with Crippen molar-refractivity contribution in [1.82, 2.24) is 14.3 Å². The number of ether oxygens (including phenoxy) is 2. The summed E-state index contributed by atoms with van der Waals surface area (Å²) in [7, 11) is 1.59. The third kappa shape index (κ3) is 4.09. The number of pyridine rings is 1. The molecule has 0 aliphatic carbocycles. The summed E-state index contributed by atoms with van der Waals surface area (Å²) in [5, 5.41) is 11.4. The van der Waals surface area contributed by atoms with Gasteiger partial charge in [0.05, 0.1) is 23.9 Å². The second kappa shape index (κ2) is 9.46. The molecule has 1 amide bonds. The Labute approximate surface area is 192 Å². The highest BCUT2D eigenvalue weighted by Crippen LogP contribution is 2.40. The molecule has 1 fully saturated rings. The van der Waals surface area contributed by atoms with Gasteiger partial charge < -0.3 is 19.5 Å². The maximum atomic E-state index is 13.2. The van der Waals surface area contributed by atoms with Gasteiger partial charge in [0.25, 0.3) is 11.7 Å². The molecule has 3 aromatic rings. The minimum absolute atomic E-state index is 0.0415. The lowest BCUT2D eigenvalue weighted by molar-refractivity contribution is -0.140. The van der Waals surface area contributed by atoms with E-state index in [4.69, 9.17) is 9.47 Å². The second-order valence-electron chi connectivity index (χ2n) is 7.82. The van der Waals surface area contributed by atoms with Crippen molar-refractivity contribution in [1.29, 1.82) is 0 Å². The van der Waals surface area contributed by atoms with E-state index in [-0.39, 0.29) is 11.3 Å². The van der Waals surface area contributed by atoms with Crippen LogP contribution in [-0.4, -0.2) is 57.9 Å². The second-order valence-corrected chi connectivity index (χ2v) is 7.82. The van der Waals surface area contributed by atoms with Crippen LogP contribution in [0.4, 0.5) is 0 Å². The molecule has 1 unspecified atom stereocenters. The fourth-order valence-corrected chi connectivity index (χ4v) is 4.30. The number of fused-ring (bicyclic) bond motifs is 1. The Kier molecular flexibility index (Phi) is 6.46. The van der Waals surface area contributed by atoms with E-state index >= 15 is 0 Å². The average Bonchev–Trinajstić information content (AvgIpc) is 3.27. The lowest BCUT2D eigenvalue weighted by Crippen LogP contribution is -2.31. The van der Waals surface area contributed by atoms with Crippen LogP contribution in [-0.2, 0) is 14.3 Å². The molecular weight excluding hydrogens is 422 g/mol. The number of imidazole rings is 1. The Morgan fingerprint density at radius 2 is 2.00 bits per heavy atom. The number of hydrogen-bond acceptors (Lipinski definition) is 6. The summed E-state index contributed by atoms with van der Waals surface area (Å²) in [4.78, 5) is 32.3. The molecule has 1 aliphatic rings.